The van der Waals surface area contributed by atoms with Gasteiger partial charge in [-0.15, -0.1) is 10.2 Å². The Morgan fingerprint density at radius 3 is 2.66 bits per heavy atom. The van der Waals surface area contributed by atoms with Gasteiger partial charge in [0.15, 0.2) is 0 Å². The van der Waals surface area contributed by atoms with Crippen LogP contribution >= 0.6 is 11.6 Å². The summed E-state index contributed by atoms with van der Waals surface area (Å²) in [6.07, 6.45) is 3.46. The fourth-order valence-corrected chi connectivity index (χ4v) is 5.16. The van der Waals surface area contributed by atoms with Crippen molar-refractivity contribution in [1.29, 1.82) is 0 Å². The quantitative estimate of drug-likeness (QED) is 0.294. The second-order valence-electron chi connectivity index (χ2n) is 10.00. The summed E-state index contributed by atoms with van der Waals surface area (Å²) >= 11 is 6.20. The molecule has 1 unspecified atom stereocenters. The van der Waals surface area contributed by atoms with Crippen LogP contribution in [0.4, 0.5) is 11.5 Å². The highest BCUT2D eigenvalue weighted by molar-refractivity contribution is 6.29. The van der Waals surface area contributed by atoms with Crippen LogP contribution in [-0.2, 0) is 14.0 Å². The van der Waals surface area contributed by atoms with E-state index in [4.69, 9.17) is 20.7 Å². The molecule has 0 aliphatic heterocycles. The summed E-state index contributed by atoms with van der Waals surface area (Å²) in [5.41, 5.74) is 5.02. The SMILES string of the molecule is [2H]C([2H])([2H])n1nnc(-c2nc(Cl)ccc2NC(C)c2cc(C)cc3c(=O)n(C)c4c(-c5ccc(N(C)C)nc5)ncn4c23)n1. The minimum atomic E-state index is -2.60. The van der Waals surface area contributed by atoms with Gasteiger partial charge >= 0.3 is 0 Å². The molecule has 0 amide bonds. The number of hydrogen-bond donors (Lipinski definition) is 1. The third-order valence-electron chi connectivity index (χ3n) is 6.92. The number of nitrogens with one attached hydrogen (secondary N) is 1. The number of nitrogens with zero attached hydrogens (tertiary/aromatic N) is 10. The first-order chi connectivity index (χ1) is 20.8. The summed E-state index contributed by atoms with van der Waals surface area (Å²) in [5.74, 6) is 0.804. The minimum absolute atomic E-state index is 0.00293. The molecule has 0 saturated carbocycles. The molecule has 41 heavy (non-hydrogen) atoms. The minimum Gasteiger partial charge on any atom is -0.377 e. The third-order valence-corrected chi connectivity index (χ3v) is 7.13. The van der Waals surface area contributed by atoms with Crippen molar-refractivity contribution in [3.8, 4) is 22.8 Å². The van der Waals surface area contributed by atoms with Gasteiger partial charge in [0, 0.05) is 37.0 Å². The molecule has 6 aromatic rings. The van der Waals surface area contributed by atoms with Gasteiger partial charge in [0.25, 0.3) is 5.56 Å². The van der Waals surface area contributed by atoms with Crippen molar-refractivity contribution in [1.82, 2.24) is 44.1 Å². The molecule has 0 spiro atoms. The van der Waals surface area contributed by atoms with Crippen molar-refractivity contribution in [2.75, 3.05) is 24.3 Å². The summed E-state index contributed by atoms with van der Waals surface area (Å²) in [6, 6.07) is 10.7. The van der Waals surface area contributed by atoms with Crippen molar-refractivity contribution in [3.05, 3.63) is 75.6 Å². The topological polar surface area (TPSA) is 124 Å². The van der Waals surface area contributed by atoms with Crippen molar-refractivity contribution >= 4 is 39.7 Å². The molecule has 6 rings (SSSR count). The molecule has 0 fully saturated rings. The normalized spacial score (nSPS) is 13.7. The molecule has 1 aromatic carbocycles. The van der Waals surface area contributed by atoms with Gasteiger partial charge in [0.2, 0.25) is 5.82 Å². The molecule has 0 saturated heterocycles. The van der Waals surface area contributed by atoms with Crippen molar-refractivity contribution < 1.29 is 4.11 Å². The number of halogens is 1. The standard InChI is InChI=1S/C28H28ClN11O/c1-15-11-18(16(2)32-20-8-9-21(29)33-24(20)26-34-36-39(6)35-26)25-19(12-15)28(41)38(5)27-23(31-14-40(25)27)17-7-10-22(30-13-17)37(3)4/h7-14,16,32H,1-6H3/i6D3. The molecule has 13 heteroatoms. The van der Waals surface area contributed by atoms with E-state index in [-0.39, 0.29) is 28.3 Å². The van der Waals surface area contributed by atoms with Crippen LogP contribution in [0.3, 0.4) is 0 Å². The van der Waals surface area contributed by atoms with E-state index in [0.717, 1.165) is 22.5 Å². The van der Waals surface area contributed by atoms with E-state index in [1.165, 1.54) is 0 Å². The predicted molar refractivity (Wildman–Crippen MR) is 159 cm³/mol. The Morgan fingerprint density at radius 2 is 1.95 bits per heavy atom. The van der Waals surface area contributed by atoms with Gasteiger partial charge in [-0.3, -0.25) is 13.8 Å². The Morgan fingerprint density at radius 1 is 1.12 bits per heavy atom. The zero-order chi connectivity index (χ0) is 31.5. The van der Waals surface area contributed by atoms with E-state index < -0.39 is 6.98 Å². The van der Waals surface area contributed by atoms with E-state index in [9.17, 15) is 4.79 Å². The summed E-state index contributed by atoms with van der Waals surface area (Å²) in [5, 5.41) is 15.7. The average Bonchev–Trinajstić information content (AvgIpc) is 3.65. The van der Waals surface area contributed by atoms with Crippen LogP contribution in [0.15, 0.2) is 53.7 Å². The second-order valence-corrected chi connectivity index (χ2v) is 10.4. The number of anilines is 2. The van der Waals surface area contributed by atoms with Gasteiger partial charge in [0.05, 0.1) is 29.6 Å². The first-order valence-electron chi connectivity index (χ1n) is 14.2. The number of aryl methyl sites for hydroxylation is 3. The summed E-state index contributed by atoms with van der Waals surface area (Å²) in [7, 11) is 5.57. The number of benzene rings is 1. The molecular formula is C28H28ClN11O. The van der Waals surface area contributed by atoms with E-state index in [1.807, 2.05) is 61.5 Å². The van der Waals surface area contributed by atoms with E-state index in [0.29, 0.717) is 32.7 Å². The van der Waals surface area contributed by atoms with Crippen LogP contribution in [0.25, 0.3) is 39.3 Å². The zero-order valence-electron chi connectivity index (χ0n) is 26.0. The molecule has 1 atom stereocenters. The number of fused-ring (bicyclic) bond motifs is 3. The first kappa shape index (κ1) is 22.9. The molecule has 0 bridgehead atoms. The molecule has 1 N–H and O–H groups in total. The number of rotatable bonds is 6. The van der Waals surface area contributed by atoms with Crippen LogP contribution in [0.2, 0.25) is 5.15 Å². The summed E-state index contributed by atoms with van der Waals surface area (Å²) < 4.78 is 26.3. The fraction of sp³-hybridized carbons (Fsp3) is 0.250. The van der Waals surface area contributed by atoms with Crippen molar-refractivity contribution in [2.24, 2.45) is 14.0 Å². The number of hydrogen-bond acceptors (Lipinski definition) is 9. The number of tetrazole rings is 1. The van der Waals surface area contributed by atoms with E-state index >= 15 is 0 Å². The van der Waals surface area contributed by atoms with E-state index in [1.54, 1.807) is 36.3 Å². The average molecular weight is 573 g/mol. The van der Waals surface area contributed by atoms with Crippen LogP contribution < -0.4 is 15.8 Å². The van der Waals surface area contributed by atoms with Gasteiger partial charge < -0.3 is 10.2 Å². The van der Waals surface area contributed by atoms with Crippen LogP contribution in [0.5, 0.6) is 0 Å². The Kier molecular flexibility index (Phi) is 5.57. The third kappa shape index (κ3) is 4.55. The van der Waals surface area contributed by atoms with Crippen LogP contribution in [0.1, 0.15) is 28.2 Å². The van der Waals surface area contributed by atoms with Crippen molar-refractivity contribution in [2.45, 2.75) is 19.9 Å². The fourth-order valence-electron chi connectivity index (χ4n) is 5.01. The monoisotopic (exact) mass is 572 g/mol. The van der Waals surface area contributed by atoms with Crippen molar-refractivity contribution in [3.63, 3.8) is 0 Å². The van der Waals surface area contributed by atoms with Gasteiger partial charge in [0.1, 0.15) is 34.3 Å². The van der Waals surface area contributed by atoms with Gasteiger partial charge in [-0.1, -0.05) is 17.7 Å². The highest BCUT2D eigenvalue weighted by Crippen LogP contribution is 2.33. The Bertz CT molecular complexity index is 2100. The number of aromatic nitrogens is 9. The molecule has 5 aromatic heterocycles. The van der Waals surface area contributed by atoms with Gasteiger partial charge in [-0.2, -0.15) is 4.80 Å². The first-order valence-corrected chi connectivity index (χ1v) is 13.1. The number of pyridine rings is 2. The van der Waals surface area contributed by atoms with Gasteiger partial charge in [-0.05, 0) is 60.5 Å². The maximum absolute atomic E-state index is 13.8. The molecule has 208 valence electrons. The molecule has 0 aliphatic rings. The Balaban J connectivity index is 1.49. The second kappa shape index (κ2) is 9.97. The lowest BCUT2D eigenvalue weighted by atomic mass is 10.0. The summed E-state index contributed by atoms with van der Waals surface area (Å²) in [6.45, 7) is 1.28. The lowest BCUT2D eigenvalue weighted by Gasteiger charge is -2.21. The highest BCUT2D eigenvalue weighted by Gasteiger charge is 2.22. The smallest absolute Gasteiger partial charge is 0.261 e. The summed E-state index contributed by atoms with van der Waals surface area (Å²) in [4.78, 5) is 29.9. The van der Waals surface area contributed by atoms with Gasteiger partial charge in [-0.25, -0.2) is 15.0 Å². The molecular weight excluding hydrogens is 542 g/mol. The lowest BCUT2D eigenvalue weighted by Crippen LogP contribution is -2.21. The highest BCUT2D eigenvalue weighted by atomic mass is 35.5. The Labute approximate surface area is 244 Å². The van der Waals surface area contributed by atoms with Crippen LogP contribution in [0, 0.1) is 6.92 Å². The van der Waals surface area contributed by atoms with E-state index in [2.05, 4.69) is 30.7 Å². The molecule has 5 heterocycles. The maximum Gasteiger partial charge on any atom is 0.261 e. The van der Waals surface area contributed by atoms with Crippen LogP contribution in [-0.4, -0.2) is 58.2 Å². The predicted octanol–water partition coefficient (Wildman–Crippen LogP) is 4.03. The molecule has 12 nitrogen and oxygen atoms in total. The molecule has 0 radical (unpaired) electrons. The largest absolute Gasteiger partial charge is 0.377 e. The lowest BCUT2D eigenvalue weighted by molar-refractivity contribution is 0.630. The zero-order valence-corrected chi connectivity index (χ0v) is 23.7. The molecule has 0 aliphatic carbocycles. The number of imidazole rings is 1. The maximum atomic E-state index is 13.8. The Hall–Kier alpha value is -4.84.